The number of halogens is 1. The fourth-order valence-corrected chi connectivity index (χ4v) is 2.84. The highest BCUT2D eigenvalue weighted by molar-refractivity contribution is 7.15. The maximum absolute atomic E-state index is 12.0. The lowest BCUT2D eigenvalue weighted by atomic mass is 10.1. The maximum atomic E-state index is 12.0. The average molecular weight is 339 g/mol. The normalized spacial score (nSPS) is 10.5. The highest BCUT2D eigenvalue weighted by atomic mass is 35.5. The molecule has 7 heteroatoms. The second-order valence-corrected chi connectivity index (χ2v) is 6.18. The summed E-state index contributed by atoms with van der Waals surface area (Å²) in [4.78, 5) is 26.8. The first-order valence-electron chi connectivity index (χ1n) is 6.41. The van der Waals surface area contributed by atoms with Gasteiger partial charge in [0.1, 0.15) is 5.75 Å². The van der Waals surface area contributed by atoms with Gasteiger partial charge in [-0.2, -0.15) is 0 Å². The zero-order valence-electron chi connectivity index (χ0n) is 12.2. The summed E-state index contributed by atoms with van der Waals surface area (Å²) in [5, 5.41) is 11.6. The van der Waals surface area contributed by atoms with Crippen LogP contribution in [0.15, 0.2) is 12.1 Å². The number of aromatic carboxylic acids is 1. The number of ether oxygens (including phenoxy) is 1. The van der Waals surface area contributed by atoms with E-state index in [1.165, 1.54) is 6.92 Å². The van der Waals surface area contributed by atoms with Gasteiger partial charge in [0.25, 0.3) is 0 Å². The molecule has 0 aliphatic rings. The van der Waals surface area contributed by atoms with Crippen LogP contribution in [0.25, 0.3) is 0 Å². The van der Waals surface area contributed by atoms with Gasteiger partial charge in [-0.05, 0) is 44.0 Å². The lowest BCUT2D eigenvalue weighted by Crippen LogP contribution is -2.21. The minimum absolute atomic E-state index is 0.0402. The van der Waals surface area contributed by atoms with Gasteiger partial charge < -0.3 is 14.6 Å². The highest BCUT2D eigenvalue weighted by Gasteiger charge is 2.16. The van der Waals surface area contributed by atoms with Crippen molar-refractivity contribution in [3.63, 3.8) is 0 Å². The van der Waals surface area contributed by atoms with Crippen LogP contribution in [0.4, 0.5) is 0 Å². The summed E-state index contributed by atoms with van der Waals surface area (Å²) < 4.78 is 5.44. The number of carboxylic acids is 1. The van der Waals surface area contributed by atoms with Crippen LogP contribution in [0.5, 0.6) is 5.75 Å². The minimum Gasteiger partial charge on any atom is -0.544 e. The molecule has 1 aromatic carbocycles. The summed E-state index contributed by atoms with van der Waals surface area (Å²) in [6.07, 6.45) is 0. The second-order valence-electron chi connectivity index (χ2n) is 4.80. The van der Waals surface area contributed by atoms with Crippen molar-refractivity contribution < 1.29 is 19.4 Å². The molecule has 0 fully saturated rings. The molecule has 5 nitrogen and oxygen atoms in total. The predicted octanol–water partition coefficient (Wildman–Crippen LogP) is 2.35. The Morgan fingerprint density at radius 1 is 1.27 bits per heavy atom. The van der Waals surface area contributed by atoms with Gasteiger partial charge in [0.15, 0.2) is 11.6 Å². The van der Waals surface area contributed by atoms with Crippen molar-refractivity contribution in [1.82, 2.24) is 4.98 Å². The molecule has 0 unspecified atom stereocenters. The van der Waals surface area contributed by atoms with Gasteiger partial charge in [-0.1, -0.05) is 11.6 Å². The molecular weight excluding hydrogens is 326 g/mol. The molecule has 0 aliphatic heterocycles. The van der Waals surface area contributed by atoms with Crippen LogP contribution in [0, 0.1) is 20.8 Å². The summed E-state index contributed by atoms with van der Waals surface area (Å²) >= 11 is 6.86. The van der Waals surface area contributed by atoms with E-state index in [0.717, 1.165) is 22.5 Å². The number of benzene rings is 1. The first-order valence-corrected chi connectivity index (χ1v) is 7.60. The first kappa shape index (κ1) is 16.5. The van der Waals surface area contributed by atoms with E-state index in [2.05, 4.69) is 4.98 Å². The standard InChI is InChI=1S/C15H14ClNO4S/c1-7-4-10(5-8(2)12(7)16)21-6-11(18)14-17-9(3)13(22-14)15(19)20/h4-5H,6H2,1-3H3,(H,19,20)/p-1. The van der Waals surface area contributed by atoms with Crippen LogP contribution in [0.2, 0.25) is 5.02 Å². The van der Waals surface area contributed by atoms with Crippen LogP contribution in [0.3, 0.4) is 0 Å². The molecule has 22 heavy (non-hydrogen) atoms. The van der Waals surface area contributed by atoms with Crippen molar-refractivity contribution in [3.05, 3.63) is 43.9 Å². The minimum atomic E-state index is -1.33. The Morgan fingerprint density at radius 3 is 2.36 bits per heavy atom. The van der Waals surface area contributed by atoms with Crippen LogP contribution >= 0.6 is 22.9 Å². The van der Waals surface area contributed by atoms with Gasteiger partial charge in [-0.3, -0.25) is 4.79 Å². The van der Waals surface area contributed by atoms with E-state index in [4.69, 9.17) is 16.3 Å². The molecule has 0 saturated heterocycles. The van der Waals surface area contributed by atoms with E-state index in [1.807, 2.05) is 13.8 Å². The first-order chi connectivity index (χ1) is 10.3. The van der Waals surface area contributed by atoms with E-state index >= 15 is 0 Å². The highest BCUT2D eigenvalue weighted by Crippen LogP contribution is 2.26. The number of carbonyl (C=O) groups excluding carboxylic acids is 2. The van der Waals surface area contributed by atoms with Crippen molar-refractivity contribution in [3.8, 4) is 5.75 Å². The van der Waals surface area contributed by atoms with Gasteiger partial charge in [-0.15, -0.1) is 11.3 Å². The summed E-state index contributed by atoms with van der Waals surface area (Å²) in [6.45, 7) is 4.99. The van der Waals surface area contributed by atoms with Gasteiger partial charge in [0.2, 0.25) is 5.78 Å². The Kier molecular flexibility index (Phi) is 4.83. The largest absolute Gasteiger partial charge is 0.544 e. The second kappa shape index (κ2) is 6.46. The molecule has 0 spiro atoms. The zero-order valence-corrected chi connectivity index (χ0v) is 13.8. The Labute approximate surface area is 136 Å². The number of aromatic nitrogens is 1. The molecular formula is C15H13ClNO4S-. The topological polar surface area (TPSA) is 79.3 Å². The number of hydrogen-bond acceptors (Lipinski definition) is 6. The Morgan fingerprint density at radius 2 is 1.86 bits per heavy atom. The monoisotopic (exact) mass is 338 g/mol. The summed E-state index contributed by atoms with van der Waals surface area (Å²) in [7, 11) is 0. The van der Waals surface area contributed by atoms with Crippen LogP contribution in [-0.4, -0.2) is 23.3 Å². The Hall–Kier alpha value is -1.92. The van der Waals surface area contributed by atoms with Gasteiger partial charge in [0, 0.05) is 5.02 Å². The number of aryl methyl sites for hydroxylation is 3. The smallest absolute Gasteiger partial charge is 0.228 e. The van der Waals surface area contributed by atoms with E-state index in [9.17, 15) is 14.7 Å². The molecule has 0 N–H and O–H groups in total. The summed E-state index contributed by atoms with van der Waals surface area (Å²) in [5.41, 5.74) is 1.98. The fourth-order valence-electron chi connectivity index (χ4n) is 1.91. The Bertz CT molecular complexity index is 731. The summed E-state index contributed by atoms with van der Waals surface area (Å²) in [6, 6.07) is 3.48. The molecule has 0 saturated carbocycles. The maximum Gasteiger partial charge on any atom is 0.228 e. The number of ketones is 1. The number of Topliss-reactive ketones (excluding diaryl/α,β-unsaturated/α-hetero) is 1. The average Bonchev–Trinajstić information content (AvgIpc) is 2.84. The Balaban J connectivity index is 2.10. The molecule has 1 aromatic heterocycles. The molecule has 0 amide bonds. The van der Waals surface area contributed by atoms with Crippen LogP contribution in [0.1, 0.15) is 36.3 Å². The zero-order chi connectivity index (χ0) is 16.4. The van der Waals surface area contributed by atoms with Gasteiger partial charge in [-0.25, -0.2) is 4.98 Å². The third kappa shape index (κ3) is 3.45. The van der Waals surface area contributed by atoms with Crippen molar-refractivity contribution in [2.75, 3.05) is 6.61 Å². The number of nitrogens with zero attached hydrogens (tertiary/aromatic N) is 1. The molecule has 2 aromatic rings. The van der Waals surface area contributed by atoms with E-state index in [-0.39, 0.29) is 28.0 Å². The van der Waals surface area contributed by atoms with Gasteiger partial charge in [0.05, 0.1) is 16.5 Å². The SMILES string of the molecule is Cc1cc(OCC(=O)c2nc(C)c(C(=O)[O-])s2)cc(C)c1Cl. The third-order valence-corrected chi connectivity index (χ3v) is 4.78. The number of carboxylic acid groups (broad SMARTS) is 1. The predicted molar refractivity (Wildman–Crippen MR) is 81.9 cm³/mol. The quantitative estimate of drug-likeness (QED) is 0.782. The van der Waals surface area contributed by atoms with Crippen molar-refractivity contribution >= 4 is 34.7 Å². The van der Waals surface area contributed by atoms with Crippen LogP contribution < -0.4 is 9.84 Å². The molecule has 0 bridgehead atoms. The van der Waals surface area contributed by atoms with Crippen LogP contribution in [-0.2, 0) is 0 Å². The lowest BCUT2D eigenvalue weighted by molar-refractivity contribution is -0.254. The molecule has 116 valence electrons. The fraction of sp³-hybridized carbons (Fsp3) is 0.267. The van der Waals surface area contributed by atoms with Gasteiger partial charge >= 0.3 is 0 Å². The molecule has 0 aliphatic carbocycles. The summed E-state index contributed by atoms with van der Waals surface area (Å²) in [5.74, 6) is -1.19. The lowest BCUT2D eigenvalue weighted by Gasteiger charge is -2.08. The molecule has 0 atom stereocenters. The number of rotatable bonds is 5. The van der Waals surface area contributed by atoms with E-state index in [1.54, 1.807) is 12.1 Å². The van der Waals surface area contributed by atoms with Crippen molar-refractivity contribution in [1.29, 1.82) is 0 Å². The number of thiazole rings is 1. The van der Waals surface area contributed by atoms with Crippen molar-refractivity contribution in [2.24, 2.45) is 0 Å². The van der Waals surface area contributed by atoms with E-state index in [0.29, 0.717) is 10.8 Å². The van der Waals surface area contributed by atoms with Crippen molar-refractivity contribution in [2.45, 2.75) is 20.8 Å². The molecule has 1 heterocycles. The number of hydrogen-bond donors (Lipinski definition) is 0. The number of carbonyl (C=O) groups is 2. The molecule has 2 rings (SSSR count). The molecule has 0 radical (unpaired) electrons. The van der Waals surface area contributed by atoms with E-state index < -0.39 is 5.97 Å². The third-order valence-electron chi connectivity index (χ3n) is 3.00.